The molecule has 107 heavy (non-hydrogen) atoms. The number of esters is 8. The molecule has 0 aromatic heterocycles. The molecule has 16 bridgehead atoms. The van der Waals surface area contributed by atoms with Gasteiger partial charge in [0.1, 0.15) is 22.4 Å². The lowest BCUT2D eigenvalue weighted by molar-refractivity contribution is -0.242. The van der Waals surface area contributed by atoms with E-state index < -0.39 is 10.8 Å². The molecule has 16 rings (SSSR count). The third kappa shape index (κ3) is 19.2. The summed E-state index contributed by atoms with van der Waals surface area (Å²) in [6.45, 7) is 43.0. The molecule has 0 spiro atoms. The molecule has 16 aliphatic rings. The Balaban J connectivity index is 0.000000165. The molecule has 16 nitrogen and oxygen atoms in total. The van der Waals surface area contributed by atoms with Crippen LogP contribution in [0, 0.1) is 133 Å². The maximum absolute atomic E-state index is 12.8. The van der Waals surface area contributed by atoms with E-state index in [1.807, 2.05) is 69.2 Å². The first-order valence-corrected chi connectivity index (χ1v) is 43.6. The van der Waals surface area contributed by atoms with Crippen molar-refractivity contribution in [2.24, 2.45) is 133 Å². The summed E-state index contributed by atoms with van der Waals surface area (Å²) in [7, 11) is 0. The maximum atomic E-state index is 12.8. The van der Waals surface area contributed by atoms with E-state index in [1.165, 1.54) is 141 Å². The lowest BCUT2D eigenvalue weighted by atomic mass is 9.43. The number of rotatable bonds is 30. The van der Waals surface area contributed by atoms with E-state index >= 15 is 0 Å². The van der Waals surface area contributed by atoms with Gasteiger partial charge in [-0.2, -0.15) is 0 Å². The molecule has 16 saturated carbocycles. The quantitative estimate of drug-likeness (QED) is 0.0372. The zero-order valence-corrected chi connectivity index (χ0v) is 71.1. The van der Waals surface area contributed by atoms with Crippen molar-refractivity contribution in [1.82, 2.24) is 0 Å². The Morgan fingerprint density at radius 3 is 0.916 bits per heavy atom. The van der Waals surface area contributed by atoms with E-state index in [-0.39, 0.29) is 108 Å². The van der Waals surface area contributed by atoms with Gasteiger partial charge in [-0.25, -0.2) is 19.2 Å². The third-order valence-electron chi connectivity index (χ3n) is 30.8. The fourth-order valence-electron chi connectivity index (χ4n) is 25.5. The molecule has 0 aliphatic heterocycles. The molecule has 16 fully saturated rings. The standard InChI is InChI=1S/C24H40O4.C23H38O4.2C22H36O4/c1-6-8-9-10-24(28-20(25)16-27-21(26)22(3,4)7-2)18-11-17-12-19(24)15-23(5,13-17)14-18;1-7-21(4,5)20(25)26-14-19(24)27-23(10-15(2)3)17-8-16-9-18(23)13-22(6,11-16)12-17;1-6-15(4)20(24)25-13-19(23)26-22(9-14(2)3)17-7-16-8-18(22)12-21(5,10-16)11-17;1-6-14(3)20(24)25-13-19(23)26-22(15(4)7-2)17-8-16-9-18(22)12-21(5,10-16)11-17/h17-19H,6-16H2,1-5H3;15-18H,7-14H2,1-6H3;2*14-18H,6-13H2,1-5H3. The highest BCUT2D eigenvalue weighted by molar-refractivity contribution is 5.81. The zero-order valence-electron chi connectivity index (χ0n) is 71.1. The Labute approximate surface area is 647 Å². The first kappa shape index (κ1) is 86.7. The number of carbonyl (C=O) groups excluding carboxylic acids is 8. The Bertz CT molecular complexity index is 3040. The Morgan fingerprint density at radius 2 is 0.636 bits per heavy atom. The minimum absolute atomic E-state index is 0.173. The van der Waals surface area contributed by atoms with Crippen molar-refractivity contribution in [2.45, 2.75) is 367 Å². The average molecular weight is 1500 g/mol. The van der Waals surface area contributed by atoms with Crippen LogP contribution in [0.5, 0.6) is 0 Å². The number of carbonyl (C=O) groups is 8. The molecule has 610 valence electrons. The number of unbranched alkanes of at least 4 members (excludes halogenated alkanes) is 2. The van der Waals surface area contributed by atoms with Crippen LogP contribution in [0.4, 0.5) is 0 Å². The van der Waals surface area contributed by atoms with E-state index in [2.05, 4.69) is 76.2 Å². The molecule has 11 unspecified atom stereocenters. The first-order chi connectivity index (χ1) is 50.0. The van der Waals surface area contributed by atoms with Crippen LogP contribution in [0.15, 0.2) is 0 Å². The summed E-state index contributed by atoms with van der Waals surface area (Å²) in [5.41, 5.74) is -0.756. The van der Waals surface area contributed by atoms with Crippen LogP contribution in [0.1, 0.15) is 344 Å². The van der Waals surface area contributed by atoms with Crippen LogP contribution in [0.2, 0.25) is 0 Å². The second-order valence-corrected chi connectivity index (χ2v) is 41.7. The molecule has 11 atom stereocenters. The van der Waals surface area contributed by atoms with E-state index in [0.717, 1.165) is 68.6 Å². The van der Waals surface area contributed by atoms with Gasteiger partial charge in [0.25, 0.3) is 0 Å². The van der Waals surface area contributed by atoms with Gasteiger partial charge < -0.3 is 37.9 Å². The lowest BCUT2D eigenvalue weighted by Crippen LogP contribution is -2.65. The van der Waals surface area contributed by atoms with Gasteiger partial charge in [-0.05, 0) is 312 Å². The summed E-state index contributed by atoms with van der Waals surface area (Å²) in [6.07, 6.45) is 34.4. The molecule has 16 aliphatic carbocycles. The van der Waals surface area contributed by atoms with Gasteiger partial charge in [0.15, 0.2) is 26.4 Å². The maximum Gasteiger partial charge on any atom is 0.344 e. The van der Waals surface area contributed by atoms with Crippen LogP contribution < -0.4 is 0 Å². The minimum atomic E-state index is -0.562. The summed E-state index contributed by atoms with van der Waals surface area (Å²) in [5.74, 6) is 5.22. The SMILES string of the molecule is CCC(C)(C)C(=O)OCC(=O)OC1(CC(C)C)C2CC3CC1CC(C)(C3)C2.CCC(C)C(=O)OCC(=O)OC1(C(C)CC)C2CC3CC1CC(C)(C3)C2.CCC(C)C(=O)OCC(=O)OC1(CC(C)C)C2CC3CC1CC(C)(C3)C2.CCCCCC1(OC(=O)COC(=O)C(C)(C)CC)C2CC3CC1CC(C)(C3)C2. The highest BCUT2D eigenvalue weighted by Crippen LogP contribution is 2.70. The molecule has 0 saturated heterocycles. The van der Waals surface area contributed by atoms with Crippen LogP contribution in [-0.4, -0.2) is 96.6 Å². The van der Waals surface area contributed by atoms with Crippen molar-refractivity contribution in [3.63, 3.8) is 0 Å². The molecule has 0 N–H and O–H groups in total. The topological polar surface area (TPSA) is 210 Å². The summed E-state index contributed by atoms with van der Waals surface area (Å²) in [6, 6.07) is 0. The van der Waals surface area contributed by atoms with Crippen molar-refractivity contribution in [3.05, 3.63) is 0 Å². The Hall–Kier alpha value is -4.24. The minimum Gasteiger partial charge on any atom is -0.456 e. The molecule has 0 aromatic carbocycles. The molecular weight excluding hydrogens is 1350 g/mol. The normalized spacial score (nSPS) is 38.2. The van der Waals surface area contributed by atoms with Crippen molar-refractivity contribution >= 4 is 47.8 Å². The zero-order chi connectivity index (χ0) is 78.8. The second kappa shape index (κ2) is 34.2. The van der Waals surface area contributed by atoms with Crippen LogP contribution >= 0.6 is 0 Å². The van der Waals surface area contributed by atoms with Gasteiger partial charge in [-0.3, -0.25) is 19.2 Å². The fourth-order valence-corrected chi connectivity index (χ4v) is 25.5. The van der Waals surface area contributed by atoms with Crippen molar-refractivity contribution in [3.8, 4) is 0 Å². The van der Waals surface area contributed by atoms with Gasteiger partial charge in [0.05, 0.1) is 22.7 Å². The summed E-state index contributed by atoms with van der Waals surface area (Å²) < 4.78 is 46.1. The molecule has 16 heteroatoms. The predicted octanol–water partition coefficient (Wildman–Crippen LogP) is 20.3. The second-order valence-electron chi connectivity index (χ2n) is 41.7. The average Bonchev–Trinajstić information content (AvgIpc) is 0.730. The van der Waals surface area contributed by atoms with Gasteiger partial charge in [-0.15, -0.1) is 0 Å². The Kier molecular flexibility index (Phi) is 27.7. The van der Waals surface area contributed by atoms with E-state index in [4.69, 9.17) is 37.9 Å². The monoisotopic (exact) mass is 1500 g/mol. The van der Waals surface area contributed by atoms with Crippen molar-refractivity contribution in [2.75, 3.05) is 26.4 Å². The highest BCUT2D eigenvalue weighted by atomic mass is 16.6. The smallest absolute Gasteiger partial charge is 0.344 e. The van der Waals surface area contributed by atoms with Gasteiger partial charge in [-0.1, -0.05) is 131 Å². The van der Waals surface area contributed by atoms with Crippen LogP contribution in [0.3, 0.4) is 0 Å². The number of hydrogen-bond donors (Lipinski definition) is 0. The van der Waals surface area contributed by atoms with Gasteiger partial charge >= 0.3 is 47.8 Å². The van der Waals surface area contributed by atoms with E-state index in [1.54, 1.807) is 0 Å². The predicted molar refractivity (Wildman–Crippen MR) is 415 cm³/mol. The number of ether oxygens (including phenoxy) is 8. The third-order valence-corrected chi connectivity index (χ3v) is 30.8. The van der Waals surface area contributed by atoms with E-state index in [9.17, 15) is 38.4 Å². The number of hydrogen-bond acceptors (Lipinski definition) is 16. The summed E-state index contributed by atoms with van der Waals surface area (Å²) >= 11 is 0. The van der Waals surface area contributed by atoms with Crippen molar-refractivity contribution in [1.29, 1.82) is 0 Å². The molecule has 0 amide bonds. The van der Waals surface area contributed by atoms with Crippen LogP contribution in [0.25, 0.3) is 0 Å². The lowest BCUT2D eigenvalue weighted by Gasteiger charge is -2.65. The van der Waals surface area contributed by atoms with Gasteiger partial charge in [0, 0.05) is 11.8 Å². The Morgan fingerprint density at radius 1 is 0.355 bits per heavy atom. The van der Waals surface area contributed by atoms with E-state index in [0.29, 0.717) is 99.6 Å². The first-order valence-electron chi connectivity index (χ1n) is 43.6. The molecular formula is C91H150O16. The molecule has 0 heterocycles. The van der Waals surface area contributed by atoms with Crippen molar-refractivity contribution < 1.29 is 76.3 Å². The molecule has 0 radical (unpaired) electrons. The largest absolute Gasteiger partial charge is 0.456 e. The fraction of sp³-hybridized carbons (Fsp3) is 0.912. The molecule has 0 aromatic rings. The van der Waals surface area contributed by atoms with Gasteiger partial charge in [0.2, 0.25) is 0 Å². The summed E-state index contributed by atoms with van der Waals surface area (Å²) in [5, 5.41) is 0. The summed E-state index contributed by atoms with van der Waals surface area (Å²) in [4.78, 5) is 99.0. The highest BCUT2D eigenvalue weighted by Gasteiger charge is 2.67. The van der Waals surface area contributed by atoms with Crippen LogP contribution in [-0.2, 0) is 76.3 Å².